The summed E-state index contributed by atoms with van der Waals surface area (Å²) in [6.07, 6.45) is 0. The smallest absolute Gasteiger partial charge is 0.318 e. The fraction of sp³-hybridized carbons (Fsp3) is 0.467. The Balaban J connectivity index is 1.89. The third kappa shape index (κ3) is 3.88. The number of benzene rings is 1. The van der Waals surface area contributed by atoms with E-state index in [1.807, 2.05) is 29.2 Å². The Kier molecular flexibility index (Phi) is 5.21. The largest absolute Gasteiger partial charge is 0.497 e. The van der Waals surface area contributed by atoms with E-state index in [9.17, 15) is 9.59 Å². The second-order valence-corrected chi connectivity index (χ2v) is 5.25. The van der Waals surface area contributed by atoms with Crippen molar-refractivity contribution >= 4 is 17.6 Å². The molecular weight excluding hydrogens is 284 g/mol. The number of urea groups is 1. The van der Waals surface area contributed by atoms with Crippen molar-refractivity contribution < 1.29 is 14.3 Å². The van der Waals surface area contributed by atoms with Crippen LogP contribution in [0.4, 0.5) is 10.5 Å². The van der Waals surface area contributed by atoms with Gasteiger partial charge in [-0.05, 0) is 31.2 Å². The molecule has 3 N–H and O–H groups in total. The minimum atomic E-state index is -0.811. The molecule has 7 heteroatoms. The van der Waals surface area contributed by atoms with Gasteiger partial charge in [0.2, 0.25) is 5.91 Å². The number of nitrogens with two attached hydrogens (primary N) is 1. The number of nitrogens with one attached hydrogen (secondary N) is 1. The Bertz CT molecular complexity index is 524. The molecule has 3 amide bonds. The predicted molar refractivity (Wildman–Crippen MR) is 84.0 cm³/mol. The van der Waals surface area contributed by atoms with Crippen LogP contribution in [0.15, 0.2) is 24.3 Å². The summed E-state index contributed by atoms with van der Waals surface area (Å²) in [6.45, 7) is 4.92. The second-order valence-electron chi connectivity index (χ2n) is 5.25. The summed E-state index contributed by atoms with van der Waals surface area (Å²) in [5.41, 5.74) is 6.11. The lowest BCUT2D eigenvalue weighted by Gasteiger charge is -2.38. The molecule has 0 spiro atoms. The van der Waals surface area contributed by atoms with Gasteiger partial charge in [-0.1, -0.05) is 0 Å². The fourth-order valence-corrected chi connectivity index (χ4v) is 2.55. The molecule has 1 atom stereocenters. The van der Waals surface area contributed by atoms with Crippen LogP contribution in [0.5, 0.6) is 5.75 Å². The molecule has 0 aromatic heterocycles. The second kappa shape index (κ2) is 7.13. The normalized spacial score (nSPS) is 16.9. The number of carbonyl (C=O) groups excluding carboxylic acids is 2. The lowest BCUT2D eigenvalue weighted by Crippen LogP contribution is -2.55. The van der Waals surface area contributed by atoms with Crippen molar-refractivity contribution in [3.05, 3.63) is 24.3 Å². The summed E-state index contributed by atoms with van der Waals surface area (Å²) in [7, 11) is 1.65. The standard InChI is InChI=1S/C15H22N4O3/c1-11(14(20)17-15(16)21)18-7-9-19(10-8-18)12-3-5-13(22-2)6-4-12/h3-6,11H,7-10H2,1-2H3,(H3,16,17,20,21)/t11-/m0/s1. The number of hydrogen-bond donors (Lipinski definition) is 2. The van der Waals surface area contributed by atoms with E-state index in [1.165, 1.54) is 0 Å². The summed E-state index contributed by atoms with van der Waals surface area (Å²) in [5, 5.41) is 2.13. The van der Waals surface area contributed by atoms with Gasteiger partial charge in [-0.15, -0.1) is 0 Å². The number of methoxy groups -OCH3 is 1. The molecule has 120 valence electrons. The van der Waals surface area contributed by atoms with Crippen LogP contribution in [0, 0.1) is 0 Å². The summed E-state index contributed by atoms with van der Waals surface area (Å²) in [4.78, 5) is 26.8. The molecule has 1 aromatic rings. The Morgan fingerprint density at radius 3 is 2.27 bits per heavy atom. The average molecular weight is 306 g/mol. The van der Waals surface area contributed by atoms with Gasteiger partial charge in [0.15, 0.2) is 0 Å². The highest BCUT2D eigenvalue weighted by Crippen LogP contribution is 2.20. The first kappa shape index (κ1) is 16.1. The van der Waals surface area contributed by atoms with Crippen molar-refractivity contribution in [3.8, 4) is 5.75 Å². The quantitative estimate of drug-likeness (QED) is 0.841. The zero-order chi connectivity index (χ0) is 16.1. The van der Waals surface area contributed by atoms with Gasteiger partial charge < -0.3 is 15.4 Å². The third-order valence-corrected chi connectivity index (χ3v) is 3.93. The van der Waals surface area contributed by atoms with Gasteiger partial charge in [0.1, 0.15) is 5.75 Å². The molecule has 1 fully saturated rings. The fourth-order valence-electron chi connectivity index (χ4n) is 2.55. The molecule has 0 radical (unpaired) electrons. The highest BCUT2D eigenvalue weighted by atomic mass is 16.5. The number of anilines is 1. The number of ether oxygens (including phenoxy) is 1. The zero-order valence-corrected chi connectivity index (χ0v) is 12.9. The van der Waals surface area contributed by atoms with E-state index >= 15 is 0 Å². The maximum absolute atomic E-state index is 11.8. The van der Waals surface area contributed by atoms with Crippen molar-refractivity contribution in [1.29, 1.82) is 0 Å². The number of hydrogen-bond acceptors (Lipinski definition) is 5. The molecule has 1 aliphatic heterocycles. The Morgan fingerprint density at radius 1 is 1.18 bits per heavy atom. The van der Waals surface area contributed by atoms with E-state index in [2.05, 4.69) is 10.2 Å². The lowest BCUT2D eigenvalue weighted by atomic mass is 10.2. The van der Waals surface area contributed by atoms with Gasteiger partial charge in [0, 0.05) is 31.9 Å². The van der Waals surface area contributed by atoms with E-state index in [1.54, 1.807) is 14.0 Å². The monoisotopic (exact) mass is 306 g/mol. The number of carbonyl (C=O) groups is 2. The minimum absolute atomic E-state index is 0.356. The van der Waals surface area contributed by atoms with Crippen LogP contribution >= 0.6 is 0 Å². The van der Waals surface area contributed by atoms with Crippen LogP contribution in [-0.4, -0.2) is 56.2 Å². The number of rotatable bonds is 4. The van der Waals surface area contributed by atoms with Crippen LogP contribution in [0.25, 0.3) is 0 Å². The maximum atomic E-state index is 11.8. The molecule has 1 heterocycles. The van der Waals surface area contributed by atoms with E-state index in [-0.39, 0.29) is 11.9 Å². The van der Waals surface area contributed by atoms with E-state index in [0.29, 0.717) is 0 Å². The van der Waals surface area contributed by atoms with Gasteiger partial charge in [0.05, 0.1) is 13.2 Å². The van der Waals surface area contributed by atoms with E-state index in [0.717, 1.165) is 37.6 Å². The maximum Gasteiger partial charge on any atom is 0.318 e. The van der Waals surface area contributed by atoms with Crippen molar-refractivity contribution in [1.82, 2.24) is 10.2 Å². The van der Waals surface area contributed by atoms with Gasteiger partial charge in [-0.2, -0.15) is 0 Å². The Morgan fingerprint density at radius 2 is 1.77 bits per heavy atom. The first-order chi connectivity index (χ1) is 10.5. The van der Waals surface area contributed by atoms with Crippen LogP contribution < -0.4 is 20.7 Å². The Labute approximate surface area is 130 Å². The molecular formula is C15H22N4O3. The number of imide groups is 1. The molecule has 1 aromatic carbocycles. The molecule has 0 bridgehead atoms. The van der Waals surface area contributed by atoms with Gasteiger partial charge in [-0.3, -0.25) is 15.0 Å². The molecule has 0 unspecified atom stereocenters. The van der Waals surface area contributed by atoms with Crippen molar-refractivity contribution in [3.63, 3.8) is 0 Å². The molecule has 0 aliphatic carbocycles. The summed E-state index contributed by atoms with van der Waals surface area (Å²) in [5.74, 6) is 0.476. The average Bonchev–Trinajstić information content (AvgIpc) is 2.54. The van der Waals surface area contributed by atoms with Crippen molar-refractivity contribution in [2.45, 2.75) is 13.0 Å². The van der Waals surface area contributed by atoms with Gasteiger partial charge in [-0.25, -0.2) is 4.79 Å². The van der Waals surface area contributed by atoms with Crippen LogP contribution in [-0.2, 0) is 4.79 Å². The Hall–Kier alpha value is -2.28. The first-order valence-corrected chi connectivity index (χ1v) is 7.24. The molecule has 7 nitrogen and oxygen atoms in total. The van der Waals surface area contributed by atoms with Crippen LogP contribution in [0.1, 0.15) is 6.92 Å². The number of primary amides is 1. The van der Waals surface area contributed by atoms with E-state index in [4.69, 9.17) is 10.5 Å². The van der Waals surface area contributed by atoms with E-state index < -0.39 is 6.03 Å². The highest BCUT2D eigenvalue weighted by molar-refractivity contribution is 5.96. The number of amides is 3. The number of piperazine rings is 1. The van der Waals surface area contributed by atoms with Gasteiger partial charge in [0.25, 0.3) is 0 Å². The van der Waals surface area contributed by atoms with Crippen LogP contribution in [0.3, 0.4) is 0 Å². The van der Waals surface area contributed by atoms with Gasteiger partial charge >= 0.3 is 6.03 Å². The van der Waals surface area contributed by atoms with Crippen molar-refractivity contribution in [2.75, 3.05) is 38.2 Å². The molecule has 1 aliphatic rings. The molecule has 1 saturated heterocycles. The highest BCUT2D eigenvalue weighted by Gasteiger charge is 2.26. The third-order valence-electron chi connectivity index (χ3n) is 3.93. The summed E-state index contributed by atoms with van der Waals surface area (Å²) >= 11 is 0. The minimum Gasteiger partial charge on any atom is -0.497 e. The molecule has 2 rings (SSSR count). The zero-order valence-electron chi connectivity index (χ0n) is 12.9. The first-order valence-electron chi connectivity index (χ1n) is 7.24. The summed E-state index contributed by atoms with van der Waals surface area (Å²) in [6, 6.07) is 6.74. The molecule has 0 saturated carbocycles. The SMILES string of the molecule is COc1ccc(N2CCN([C@@H](C)C(=O)NC(N)=O)CC2)cc1. The predicted octanol–water partition coefficient (Wildman–Crippen LogP) is 0.401. The molecule has 22 heavy (non-hydrogen) atoms. The number of nitrogens with zero attached hydrogens (tertiary/aromatic N) is 2. The lowest BCUT2D eigenvalue weighted by molar-refractivity contribution is -0.124. The summed E-state index contributed by atoms with van der Waals surface area (Å²) < 4.78 is 5.15. The van der Waals surface area contributed by atoms with Crippen molar-refractivity contribution in [2.24, 2.45) is 5.73 Å². The topological polar surface area (TPSA) is 87.9 Å². The van der Waals surface area contributed by atoms with Crippen LogP contribution in [0.2, 0.25) is 0 Å².